The summed E-state index contributed by atoms with van der Waals surface area (Å²) in [5, 5.41) is 8.83. The van der Waals surface area contributed by atoms with Gasteiger partial charge in [-0.2, -0.15) is 0 Å². The van der Waals surface area contributed by atoms with E-state index in [9.17, 15) is 9.59 Å². The summed E-state index contributed by atoms with van der Waals surface area (Å²) in [6.07, 6.45) is 1.04. The predicted molar refractivity (Wildman–Crippen MR) is 59.7 cm³/mol. The number of hydrogen-bond donors (Lipinski definition) is 2. The van der Waals surface area contributed by atoms with Crippen LogP contribution < -0.4 is 5.73 Å². The smallest absolute Gasteiger partial charge is 0.217 e. The second kappa shape index (κ2) is 6.02. The van der Waals surface area contributed by atoms with E-state index in [1.54, 1.807) is 24.3 Å². The average molecular weight is 221 g/mol. The minimum atomic E-state index is -0.386. The van der Waals surface area contributed by atoms with Crippen LogP contribution in [-0.4, -0.2) is 16.8 Å². The molecule has 0 saturated carbocycles. The van der Waals surface area contributed by atoms with E-state index < -0.39 is 0 Å². The topological polar surface area (TPSA) is 80.4 Å². The number of ketones is 1. The minimum absolute atomic E-state index is 0.00857. The van der Waals surface area contributed by atoms with Crippen LogP contribution in [0.2, 0.25) is 0 Å². The summed E-state index contributed by atoms with van der Waals surface area (Å²) in [7, 11) is 0. The van der Waals surface area contributed by atoms with Gasteiger partial charge in [-0.05, 0) is 12.0 Å². The summed E-state index contributed by atoms with van der Waals surface area (Å²) in [4.78, 5) is 22.1. The highest BCUT2D eigenvalue weighted by molar-refractivity contribution is 5.96. The Balaban J connectivity index is 2.49. The van der Waals surface area contributed by atoms with Gasteiger partial charge in [0.05, 0.1) is 6.61 Å². The molecular formula is C12H15NO3. The fourth-order valence-corrected chi connectivity index (χ4v) is 1.36. The van der Waals surface area contributed by atoms with Gasteiger partial charge in [-0.15, -0.1) is 0 Å². The molecule has 0 saturated heterocycles. The van der Waals surface area contributed by atoms with Gasteiger partial charge in [0.1, 0.15) is 0 Å². The number of aliphatic hydroxyl groups excluding tert-OH is 1. The largest absolute Gasteiger partial charge is 0.392 e. The Morgan fingerprint density at radius 1 is 1.12 bits per heavy atom. The Kier molecular flexibility index (Phi) is 4.66. The van der Waals surface area contributed by atoms with Crippen LogP contribution in [0.5, 0.6) is 0 Å². The van der Waals surface area contributed by atoms with Crippen molar-refractivity contribution in [2.24, 2.45) is 5.73 Å². The van der Waals surface area contributed by atoms with Crippen molar-refractivity contribution < 1.29 is 14.7 Å². The van der Waals surface area contributed by atoms with Crippen LogP contribution in [-0.2, 0) is 11.4 Å². The zero-order valence-electron chi connectivity index (χ0n) is 8.98. The number of nitrogens with two attached hydrogens (primary N) is 1. The molecule has 16 heavy (non-hydrogen) atoms. The lowest BCUT2D eigenvalue weighted by Crippen LogP contribution is -2.10. The minimum Gasteiger partial charge on any atom is -0.392 e. The van der Waals surface area contributed by atoms with Crippen molar-refractivity contribution in [3.63, 3.8) is 0 Å². The number of carbonyl (C=O) groups is 2. The average Bonchev–Trinajstić information content (AvgIpc) is 2.28. The van der Waals surface area contributed by atoms with Gasteiger partial charge < -0.3 is 10.8 Å². The van der Waals surface area contributed by atoms with Crippen LogP contribution in [0.15, 0.2) is 24.3 Å². The molecule has 0 spiro atoms. The number of benzene rings is 1. The molecule has 0 radical (unpaired) electrons. The normalized spacial score (nSPS) is 10.1. The van der Waals surface area contributed by atoms with Gasteiger partial charge in [0.15, 0.2) is 5.78 Å². The van der Waals surface area contributed by atoms with Gasteiger partial charge in [-0.1, -0.05) is 24.3 Å². The molecular weight excluding hydrogens is 206 g/mol. The Morgan fingerprint density at radius 2 is 1.75 bits per heavy atom. The fourth-order valence-electron chi connectivity index (χ4n) is 1.36. The van der Waals surface area contributed by atoms with Crippen LogP contribution >= 0.6 is 0 Å². The van der Waals surface area contributed by atoms with E-state index in [2.05, 4.69) is 0 Å². The number of amides is 1. The lowest BCUT2D eigenvalue weighted by molar-refractivity contribution is -0.118. The third-order valence-corrected chi connectivity index (χ3v) is 2.29. The van der Waals surface area contributed by atoms with Crippen molar-refractivity contribution in [3.8, 4) is 0 Å². The molecule has 4 heteroatoms. The number of rotatable bonds is 6. The molecule has 4 nitrogen and oxygen atoms in total. The van der Waals surface area contributed by atoms with Gasteiger partial charge >= 0.3 is 0 Å². The highest BCUT2D eigenvalue weighted by Crippen LogP contribution is 2.09. The van der Waals surface area contributed by atoms with Gasteiger partial charge in [0.25, 0.3) is 0 Å². The Labute approximate surface area is 94.1 Å². The summed E-state index contributed by atoms with van der Waals surface area (Å²) in [5.41, 5.74) is 6.35. The molecule has 1 amide bonds. The first-order valence-electron chi connectivity index (χ1n) is 5.15. The van der Waals surface area contributed by atoms with Crippen molar-refractivity contribution in [2.45, 2.75) is 25.9 Å². The first-order valence-corrected chi connectivity index (χ1v) is 5.15. The summed E-state index contributed by atoms with van der Waals surface area (Å²) in [5.74, 6) is -0.394. The van der Waals surface area contributed by atoms with Gasteiger partial charge in [0, 0.05) is 18.4 Å². The molecule has 0 aliphatic rings. The molecule has 0 atom stereocenters. The summed E-state index contributed by atoms with van der Waals surface area (Å²) >= 11 is 0. The van der Waals surface area contributed by atoms with Crippen LogP contribution in [0, 0.1) is 0 Å². The fraction of sp³-hybridized carbons (Fsp3) is 0.333. The first kappa shape index (κ1) is 12.4. The summed E-state index contributed by atoms with van der Waals surface area (Å²) in [6, 6.07) is 6.78. The van der Waals surface area contributed by atoms with E-state index in [-0.39, 0.29) is 24.7 Å². The van der Waals surface area contributed by atoms with E-state index in [4.69, 9.17) is 10.8 Å². The van der Waals surface area contributed by atoms with Crippen LogP contribution in [0.4, 0.5) is 0 Å². The third kappa shape index (κ3) is 3.82. The highest BCUT2D eigenvalue weighted by Gasteiger charge is 2.06. The lowest BCUT2D eigenvalue weighted by Gasteiger charge is -2.01. The molecule has 0 fully saturated rings. The second-order valence-electron chi connectivity index (χ2n) is 3.60. The maximum absolute atomic E-state index is 11.6. The monoisotopic (exact) mass is 221 g/mol. The number of hydrogen-bond acceptors (Lipinski definition) is 3. The number of carbonyl (C=O) groups excluding carboxylic acids is 2. The molecule has 3 N–H and O–H groups in total. The molecule has 0 aliphatic carbocycles. The standard InChI is InChI=1S/C12H15NO3/c13-12(16)3-1-2-11(15)10-6-4-9(8-14)5-7-10/h4-7,14H,1-3,8H2,(H2,13,16). The van der Waals surface area contributed by atoms with E-state index in [1.165, 1.54) is 0 Å². The van der Waals surface area contributed by atoms with E-state index in [0.717, 1.165) is 5.56 Å². The molecule has 0 bridgehead atoms. The molecule has 0 aliphatic heterocycles. The molecule has 1 aromatic rings. The van der Waals surface area contributed by atoms with Crippen molar-refractivity contribution >= 4 is 11.7 Å². The highest BCUT2D eigenvalue weighted by atomic mass is 16.3. The predicted octanol–water partition coefficient (Wildman–Crippen LogP) is 1.02. The van der Waals surface area contributed by atoms with Gasteiger partial charge in [-0.25, -0.2) is 0 Å². The summed E-state index contributed by atoms with van der Waals surface area (Å²) in [6.45, 7) is -0.0316. The summed E-state index contributed by atoms with van der Waals surface area (Å²) < 4.78 is 0. The lowest BCUT2D eigenvalue weighted by atomic mass is 10.0. The van der Waals surface area contributed by atoms with Gasteiger partial charge in [0.2, 0.25) is 5.91 Å². The quantitative estimate of drug-likeness (QED) is 0.704. The SMILES string of the molecule is NC(=O)CCCC(=O)c1ccc(CO)cc1. The van der Waals surface area contributed by atoms with Crippen molar-refractivity contribution in [2.75, 3.05) is 0 Å². The van der Waals surface area contributed by atoms with E-state index in [0.29, 0.717) is 18.4 Å². The molecule has 0 heterocycles. The number of primary amides is 1. The van der Waals surface area contributed by atoms with E-state index in [1.807, 2.05) is 0 Å². The van der Waals surface area contributed by atoms with E-state index >= 15 is 0 Å². The molecule has 0 aromatic heterocycles. The molecule has 1 aromatic carbocycles. The van der Waals surface area contributed by atoms with Crippen molar-refractivity contribution in [3.05, 3.63) is 35.4 Å². The van der Waals surface area contributed by atoms with Crippen molar-refractivity contribution in [1.29, 1.82) is 0 Å². The Hall–Kier alpha value is -1.68. The number of Topliss-reactive ketones (excluding diaryl/α,β-unsaturated/α-hetero) is 1. The van der Waals surface area contributed by atoms with Crippen molar-refractivity contribution in [1.82, 2.24) is 0 Å². The van der Waals surface area contributed by atoms with Gasteiger partial charge in [-0.3, -0.25) is 9.59 Å². The van der Waals surface area contributed by atoms with Crippen LogP contribution in [0.25, 0.3) is 0 Å². The molecule has 1 rings (SSSR count). The Bertz CT molecular complexity index is 370. The molecule has 86 valence electrons. The van der Waals surface area contributed by atoms with Crippen LogP contribution in [0.1, 0.15) is 35.2 Å². The number of aliphatic hydroxyl groups is 1. The molecule has 0 unspecified atom stereocenters. The maximum Gasteiger partial charge on any atom is 0.217 e. The second-order valence-corrected chi connectivity index (χ2v) is 3.60. The third-order valence-electron chi connectivity index (χ3n) is 2.29. The Morgan fingerprint density at radius 3 is 2.25 bits per heavy atom. The maximum atomic E-state index is 11.6. The van der Waals surface area contributed by atoms with Crippen LogP contribution in [0.3, 0.4) is 0 Å². The zero-order valence-corrected chi connectivity index (χ0v) is 8.98. The first-order chi connectivity index (χ1) is 7.63. The zero-order chi connectivity index (χ0) is 12.0.